The second kappa shape index (κ2) is 8.26. The Morgan fingerprint density at radius 3 is 2.79 bits per heavy atom. The molecule has 2 N–H and O–H groups in total. The zero-order chi connectivity index (χ0) is 16.8. The second-order valence-electron chi connectivity index (χ2n) is 5.92. The Labute approximate surface area is 146 Å². The van der Waals surface area contributed by atoms with Gasteiger partial charge in [-0.15, -0.1) is 11.3 Å². The minimum atomic E-state index is 0.0170. The molecule has 1 aliphatic rings. The molecule has 0 unspecified atom stereocenters. The van der Waals surface area contributed by atoms with Gasteiger partial charge in [-0.1, -0.05) is 12.1 Å². The Balaban J connectivity index is 1.38. The number of amides is 1. The number of fused-ring (bicyclic) bond motifs is 1. The number of rotatable bonds is 7. The first-order valence-corrected chi connectivity index (χ1v) is 9.18. The number of aryl methyl sites for hydroxylation is 2. The number of hydrogen-bond acceptors (Lipinski definition) is 5. The first-order chi connectivity index (χ1) is 11.7. The van der Waals surface area contributed by atoms with Crippen LogP contribution in [0.15, 0.2) is 24.3 Å². The summed E-state index contributed by atoms with van der Waals surface area (Å²) in [6.45, 7) is 1.38. The van der Waals surface area contributed by atoms with Gasteiger partial charge in [-0.25, -0.2) is 4.98 Å². The number of benzene rings is 1. The molecule has 0 atom stereocenters. The number of thiazole rings is 1. The van der Waals surface area contributed by atoms with Crippen molar-refractivity contribution in [3.05, 3.63) is 40.4 Å². The number of methoxy groups -OCH3 is 1. The molecule has 1 aromatic carbocycles. The Morgan fingerprint density at radius 2 is 2.04 bits per heavy atom. The molecule has 0 fully saturated rings. The molecule has 1 aromatic heterocycles. The molecule has 0 bridgehead atoms. The van der Waals surface area contributed by atoms with Gasteiger partial charge in [0.1, 0.15) is 5.75 Å². The molecule has 1 amide bonds. The third-order valence-corrected chi connectivity index (χ3v) is 5.18. The van der Waals surface area contributed by atoms with Gasteiger partial charge in [0, 0.05) is 24.4 Å². The van der Waals surface area contributed by atoms with Crippen LogP contribution in [0.1, 0.15) is 35.4 Å². The summed E-state index contributed by atoms with van der Waals surface area (Å²) in [6, 6.07) is 7.92. The lowest BCUT2D eigenvalue weighted by Gasteiger charge is -2.06. The van der Waals surface area contributed by atoms with Gasteiger partial charge in [-0.2, -0.15) is 0 Å². The van der Waals surface area contributed by atoms with E-state index in [1.807, 2.05) is 24.3 Å². The van der Waals surface area contributed by atoms with Crippen LogP contribution < -0.4 is 15.4 Å². The molecule has 0 radical (unpaired) electrons. The van der Waals surface area contributed by atoms with E-state index in [9.17, 15) is 4.79 Å². The van der Waals surface area contributed by atoms with E-state index in [0.717, 1.165) is 30.3 Å². The van der Waals surface area contributed by atoms with Gasteiger partial charge in [0.2, 0.25) is 5.91 Å². The number of carbonyl (C=O) groups is 1. The second-order valence-corrected chi connectivity index (χ2v) is 7.00. The van der Waals surface area contributed by atoms with Crippen LogP contribution in [0.3, 0.4) is 0 Å². The summed E-state index contributed by atoms with van der Waals surface area (Å²) >= 11 is 1.63. The molecule has 0 saturated heterocycles. The summed E-state index contributed by atoms with van der Waals surface area (Å²) in [5.41, 5.74) is 2.35. The highest BCUT2D eigenvalue weighted by Crippen LogP contribution is 2.29. The fraction of sp³-hybridized carbons (Fsp3) is 0.444. The van der Waals surface area contributed by atoms with Gasteiger partial charge in [0.05, 0.1) is 12.8 Å². The van der Waals surface area contributed by atoms with Gasteiger partial charge in [-0.3, -0.25) is 4.79 Å². The maximum Gasteiger partial charge on any atom is 0.227 e. The van der Waals surface area contributed by atoms with E-state index in [-0.39, 0.29) is 5.91 Å². The van der Waals surface area contributed by atoms with Crippen molar-refractivity contribution in [1.29, 1.82) is 0 Å². The zero-order valence-corrected chi connectivity index (χ0v) is 14.7. The molecule has 3 rings (SSSR count). The molecule has 5 nitrogen and oxygen atoms in total. The van der Waals surface area contributed by atoms with Crippen molar-refractivity contribution in [2.24, 2.45) is 0 Å². The Morgan fingerprint density at radius 1 is 1.25 bits per heavy atom. The van der Waals surface area contributed by atoms with E-state index < -0.39 is 0 Å². The van der Waals surface area contributed by atoms with Crippen molar-refractivity contribution >= 4 is 22.4 Å². The summed E-state index contributed by atoms with van der Waals surface area (Å²) in [5, 5.41) is 6.96. The van der Waals surface area contributed by atoms with Gasteiger partial charge >= 0.3 is 0 Å². The number of carbonyl (C=O) groups excluding carboxylic acids is 1. The monoisotopic (exact) mass is 345 g/mol. The van der Waals surface area contributed by atoms with E-state index in [2.05, 4.69) is 15.6 Å². The lowest BCUT2D eigenvalue weighted by atomic mass is 10.0. The molecule has 1 heterocycles. The number of nitrogens with zero attached hydrogens (tertiary/aromatic N) is 1. The average Bonchev–Trinajstić information content (AvgIpc) is 3.01. The topological polar surface area (TPSA) is 63.2 Å². The van der Waals surface area contributed by atoms with Gasteiger partial charge in [0.25, 0.3) is 0 Å². The van der Waals surface area contributed by atoms with Crippen LogP contribution in [0.5, 0.6) is 5.75 Å². The van der Waals surface area contributed by atoms with Gasteiger partial charge < -0.3 is 15.4 Å². The van der Waals surface area contributed by atoms with E-state index >= 15 is 0 Å². The smallest absolute Gasteiger partial charge is 0.227 e. The first kappa shape index (κ1) is 16.9. The molecule has 128 valence electrons. The molecular weight excluding hydrogens is 322 g/mol. The Hall–Kier alpha value is -1.92. The van der Waals surface area contributed by atoms with E-state index in [4.69, 9.17) is 4.74 Å². The van der Waals surface area contributed by atoms with Crippen LogP contribution in [-0.2, 0) is 24.2 Å². The van der Waals surface area contributed by atoms with Gasteiger partial charge in [0.15, 0.2) is 5.13 Å². The number of anilines is 1. The van der Waals surface area contributed by atoms with E-state index in [1.165, 1.54) is 29.0 Å². The van der Waals surface area contributed by atoms with Crippen molar-refractivity contribution in [2.75, 3.05) is 19.0 Å². The Bertz CT molecular complexity index is 659. The third-order valence-electron chi connectivity index (χ3n) is 4.11. The summed E-state index contributed by atoms with van der Waals surface area (Å²) in [4.78, 5) is 17.9. The van der Waals surface area contributed by atoms with Crippen molar-refractivity contribution in [1.82, 2.24) is 10.3 Å². The van der Waals surface area contributed by atoms with Crippen LogP contribution in [0, 0.1) is 0 Å². The van der Waals surface area contributed by atoms with E-state index in [1.54, 1.807) is 18.4 Å². The molecule has 0 saturated carbocycles. The summed E-state index contributed by atoms with van der Waals surface area (Å²) in [7, 11) is 1.66. The molecule has 1 aliphatic carbocycles. The van der Waals surface area contributed by atoms with Crippen LogP contribution in [-0.4, -0.2) is 24.5 Å². The predicted molar refractivity (Wildman–Crippen MR) is 96.7 cm³/mol. The highest BCUT2D eigenvalue weighted by Gasteiger charge is 2.16. The summed E-state index contributed by atoms with van der Waals surface area (Å²) in [5.74, 6) is 0.868. The number of aromatic nitrogens is 1. The Kier molecular flexibility index (Phi) is 5.82. The van der Waals surface area contributed by atoms with Gasteiger partial charge in [-0.05, 0) is 43.4 Å². The minimum absolute atomic E-state index is 0.0170. The maximum absolute atomic E-state index is 12.0. The molecule has 0 aliphatic heterocycles. The predicted octanol–water partition coefficient (Wildman–Crippen LogP) is 3.15. The maximum atomic E-state index is 12.0. The van der Waals surface area contributed by atoms with Crippen molar-refractivity contribution in [3.63, 3.8) is 0 Å². The largest absolute Gasteiger partial charge is 0.497 e. The third kappa shape index (κ3) is 4.55. The van der Waals surface area contributed by atoms with Crippen molar-refractivity contribution in [2.45, 2.75) is 38.6 Å². The fourth-order valence-electron chi connectivity index (χ4n) is 2.77. The fourth-order valence-corrected chi connectivity index (χ4v) is 3.83. The number of ether oxygens (including phenoxy) is 1. The SMILES string of the molecule is COc1ccc(CNCCC(=O)Nc2nc3c(s2)CCCC3)cc1. The van der Waals surface area contributed by atoms with Crippen LogP contribution in [0.4, 0.5) is 5.13 Å². The average molecular weight is 345 g/mol. The molecule has 24 heavy (non-hydrogen) atoms. The molecular formula is C18H23N3O2S. The standard InChI is InChI=1S/C18H23N3O2S/c1-23-14-8-6-13(7-9-14)12-19-11-10-17(22)21-18-20-15-4-2-3-5-16(15)24-18/h6-9,19H,2-5,10-12H2,1H3,(H,20,21,22). The highest BCUT2D eigenvalue weighted by molar-refractivity contribution is 7.15. The van der Waals surface area contributed by atoms with E-state index in [0.29, 0.717) is 13.0 Å². The lowest BCUT2D eigenvalue weighted by molar-refractivity contribution is -0.116. The summed E-state index contributed by atoms with van der Waals surface area (Å²) < 4.78 is 5.13. The number of hydrogen-bond donors (Lipinski definition) is 2. The minimum Gasteiger partial charge on any atom is -0.497 e. The molecule has 6 heteroatoms. The van der Waals surface area contributed by atoms with Crippen LogP contribution in [0.25, 0.3) is 0 Å². The van der Waals surface area contributed by atoms with Crippen LogP contribution >= 0.6 is 11.3 Å². The number of nitrogens with one attached hydrogen (secondary N) is 2. The highest BCUT2D eigenvalue weighted by atomic mass is 32.1. The zero-order valence-electron chi connectivity index (χ0n) is 13.9. The quantitative estimate of drug-likeness (QED) is 0.757. The van der Waals surface area contributed by atoms with Crippen molar-refractivity contribution < 1.29 is 9.53 Å². The van der Waals surface area contributed by atoms with Crippen LogP contribution in [0.2, 0.25) is 0 Å². The normalized spacial score (nSPS) is 13.4. The molecule has 2 aromatic rings. The van der Waals surface area contributed by atoms with Crippen molar-refractivity contribution in [3.8, 4) is 5.75 Å². The lowest BCUT2D eigenvalue weighted by Crippen LogP contribution is -2.21. The summed E-state index contributed by atoms with van der Waals surface area (Å²) in [6.07, 6.45) is 5.04. The molecule has 0 spiro atoms. The first-order valence-electron chi connectivity index (χ1n) is 8.36.